The zero-order valence-corrected chi connectivity index (χ0v) is 22.2. The number of halogens is 2. The lowest BCUT2D eigenvalue weighted by Gasteiger charge is -2.15. The van der Waals surface area contributed by atoms with Crippen LogP contribution in [0.25, 0.3) is 6.08 Å². The van der Waals surface area contributed by atoms with E-state index in [4.69, 9.17) is 21.1 Å². The number of benzene rings is 3. The van der Waals surface area contributed by atoms with Gasteiger partial charge in [0.25, 0.3) is 11.1 Å². The highest BCUT2D eigenvalue weighted by atomic mass is 127. The molecule has 0 unspecified atom stereocenters. The Morgan fingerprint density at radius 2 is 1.79 bits per heavy atom. The smallest absolute Gasteiger partial charge is 0.298 e. The minimum atomic E-state index is -0.407. The van der Waals surface area contributed by atoms with E-state index in [2.05, 4.69) is 22.6 Å². The van der Waals surface area contributed by atoms with Gasteiger partial charge >= 0.3 is 0 Å². The van der Waals surface area contributed by atoms with E-state index in [9.17, 15) is 9.59 Å². The van der Waals surface area contributed by atoms with Crippen LogP contribution in [0.2, 0.25) is 5.02 Å². The van der Waals surface area contributed by atoms with Gasteiger partial charge in [0, 0.05) is 0 Å². The van der Waals surface area contributed by atoms with Crippen LogP contribution in [0.4, 0.5) is 10.5 Å². The maximum atomic E-state index is 13.0. The summed E-state index contributed by atoms with van der Waals surface area (Å²) in [5.41, 5.74) is 3.36. The third-order valence-corrected chi connectivity index (χ3v) is 7.01. The van der Waals surface area contributed by atoms with Crippen molar-refractivity contribution in [2.24, 2.45) is 0 Å². The lowest BCUT2D eigenvalue weighted by molar-refractivity contribution is -0.113. The van der Waals surface area contributed by atoms with E-state index in [1.165, 1.54) is 5.56 Å². The first-order valence-corrected chi connectivity index (χ1v) is 12.8. The Hall–Kier alpha value is -2.49. The van der Waals surface area contributed by atoms with E-state index in [0.29, 0.717) is 40.3 Å². The van der Waals surface area contributed by atoms with Gasteiger partial charge in [-0.3, -0.25) is 9.59 Å². The topological polar surface area (TPSA) is 55.8 Å². The van der Waals surface area contributed by atoms with Gasteiger partial charge in [-0.2, -0.15) is 0 Å². The molecule has 4 rings (SSSR count). The summed E-state index contributed by atoms with van der Waals surface area (Å²) < 4.78 is 12.8. The minimum Gasteiger partial charge on any atom is -0.490 e. The maximum Gasteiger partial charge on any atom is 0.298 e. The summed E-state index contributed by atoms with van der Waals surface area (Å²) in [5.74, 6) is 0.818. The Bertz CT molecular complexity index is 1280. The van der Waals surface area contributed by atoms with Crippen molar-refractivity contribution in [1.82, 2.24) is 0 Å². The Morgan fingerprint density at radius 3 is 2.50 bits per heavy atom. The Labute approximate surface area is 221 Å². The van der Waals surface area contributed by atoms with Gasteiger partial charge in [-0.25, -0.2) is 4.90 Å². The summed E-state index contributed by atoms with van der Waals surface area (Å²) in [4.78, 5) is 27.0. The Morgan fingerprint density at radius 1 is 1.06 bits per heavy atom. The first-order chi connectivity index (χ1) is 16.4. The van der Waals surface area contributed by atoms with E-state index in [1.54, 1.807) is 30.3 Å². The number of hydrogen-bond acceptors (Lipinski definition) is 5. The monoisotopic (exact) mass is 605 g/mol. The molecule has 0 atom stereocenters. The predicted octanol–water partition coefficient (Wildman–Crippen LogP) is 7.47. The standard InChI is InChI=1S/C26H21ClINO4S/c1-3-32-22-13-18(12-20(28)24(22)33-15-17-10-8-16(2)9-11-17)14-23-25(30)29(26(31)34-23)21-7-5-4-6-19(21)27/h4-14H,3,15H2,1-2H3/b23-14-. The highest BCUT2D eigenvalue weighted by molar-refractivity contribution is 14.1. The number of carbonyl (C=O) groups is 2. The van der Waals surface area contributed by atoms with Gasteiger partial charge in [-0.05, 0) is 89.7 Å². The van der Waals surface area contributed by atoms with E-state index >= 15 is 0 Å². The second-order valence-corrected chi connectivity index (χ2v) is 10.1. The molecule has 0 radical (unpaired) electrons. The zero-order chi connectivity index (χ0) is 24.2. The van der Waals surface area contributed by atoms with Crippen LogP contribution in [0, 0.1) is 10.5 Å². The second-order valence-electron chi connectivity index (χ2n) is 7.51. The predicted molar refractivity (Wildman–Crippen MR) is 146 cm³/mol. The highest BCUT2D eigenvalue weighted by Gasteiger charge is 2.37. The third-order valence-electron chi connectivity index (χ3n) is 5.02. The number of thioether (sulfide) groups is 1. The number of rotatable bonds is 7. The van der Waals surface area contributed by atoms with Crippen molar-refractivity contribution in [2.75, 3.05) is 11.5 Å². The fourth-order valence-electron chi connectivity index (χ4n) is 3.37. The molecule has 0 aliphatic carbocycles. The van der Waals surface area contributed by atoms with Crippen LogP contribution in [0.1, 0.15) is 23.6 Å². The summed E-state index contributed by atoms with van der Waals surface area (Å²) in [6.07, 6.45) is 1.69. The molecular weight excluding hydrogens is 585 g/mol. The second kappa shape index (κ2) is 10.8. The SMILES string of the molecule is CCOc1cc(/C=C2\SC(=O)N(c3ccccc3Cl)C2=O)cc(I)c1OCc1ccc(C)cc1. The van der Waals surface area contributed by atoms with Crippen LogP contribution in [0.5, 0.6) is 11.5 Å². The summed E-state index contributed by atoms with van der Waals surface area (Å²) >= 11 is 9.29. The molecule has 2 amide bonds. The van der Waals surface area contributed by atoms with Crippen LogP contribution >= 0.6 is 46.0 Å². The summed E-state index contributed by atoms with van der Waals surface area (Å²) in [7, 11) is 0. The number of nitrogens with zero attached hydrogens (tertiary/aromatic N) is 1. The van der Waals surface area contributed by atoms with Crippen molar-refractivity contribution in [3.63, 3.8) is 0 Å². The van der Waals surface area contributed by atoms with Crippen molar-refractivity contribution < 1.29 is 19.1 Å². The molecule has 1 heterocycles. The van der Waals surface area contributed by atoms with Gasteiger partial charge in [-0.1, -0.05) is 53.6 Å². The first kappa shape index (κ1) is 24.6. The molecule has 3 aromatic carbocycles. The lowest BCUT2D eigenvalue weighted by atomic mass is 10.1. The number of ether oxygens (including phenoxy) is 2. The molecule has 0 bridgehead atoms. The lowest BCUT2D eigenvalue weighted by Crippen LogP contribution is -2.27. The maximum absolute atomic E-state index is 13.0. The number of hydrogen-bond donors (Lipinski definition) is 0. The molecular formula is C26H21ClINO4S. The Kier molecular flexibility index (Phi) is 7.85. The van der Waals surface area contributed by atoms with Crippen LogP contribution < -0.4 is 14.4 Å². The summed E-state index contributed by atoms with van der Waals surface area (Å²) in [6.45, 7) is 4.82. The largest absolute Gasteiger partial charge is 0.490 e. The van der Waals surface area contributed by atoms with Crippen LogP contribution in [-0.4, -0.2) is 17.8 Å². The van der Waals surface area contributed by atoms with Crippen molar-refractivity contribution in [2.45, 2.75) is 20.5 Å². The molecule has 174 valence electrons. The van der Waals surface area contributed by atoms with E-state index in [-0.39, 0.29) is 5.24 Å². The summed E-state index contributed by atoms with van der Waals surface area (Å²) in [5, 5.41) is -0.0450. The number of anilines is 1. The minimum absolute atomic E-state index is 0.316. The van der Waals surface area contributed by atoms with Crippen LogP contribution in [-0.2, 0) is 11.4 Å². The molecule has 5 nitrogen and oxygen atoms in total. The molecule has 0 N–H and O–H groups in total. The van der Waals surface area contributed by atoms with Crippen molar-refractivity contribution in [3.05, 3.63) is 90.9 Å². The third kappa shape index (κ3) is 5.42. The van der Waals surface area contributed by atoms with Crippen molar-refractivity contribution in [3.8, 4) is 11.5 Å². The molecule has 1 fully saturated rings. The number of aryl methyl sites for hydroxylation is 1. The fourth-order valence-corrected chi connectivity index (χ4v) is 5.21. The van der Waals surface area contributed by atoms with Crippen molar-refractivity contribution >= 4 is 68.9 Å². The van der Waals surface area contributed by atoms with Crippen LogP contribution in [0.15, 0.2) is 65.6 Å². The molecule has 8 heteroatoms. The number of amides is 2. The normalized spacial score (nSPS) is 14.7. The molecule has 0 saturated carbocycles. The molecule has 1 saturated heterocycles. The average Bonchev–Trinajstić information content (AvgIpc) is 3.07. The van der Waals surface area contributed by atoms with Gasteiger partial charge < -0.3 is 9.47 Å². The quantitative estimate of drug-likeness (QED) is 0.207. The molecule has 34 heavy (non-hydrogen) atoms. The highest BCUT2D eigenvalue weighted by Crippen LogP contribution is 2.40. The van der Waals surface area contributed by atoms with Gasteiger partial charge in [0.15, 0.2) is 11.5 Å². The van der Waals surface area contributed by atoms with Gasteiger partial charge in [0.1, 0.15) is 6.61 Å². The number of imide groups is 1. The van der Waals surface area contributed by atoms with Gasteiger partial charge in [0.05, 0.1) is 25.8 Å². The van der Waals surface area contributed by atoms with E-state index in [0.717, 1.165) is 31.4 Å². The molecule has 3 aromatic rings. The van der Waals surface area contributed by atoms with Crippen LogP contribution in [0.3, 0.4) is 0 Å². The average molecular weight is 606 g/mol. The fraction of sp³-hybridized carbons (Fsp3) is 0.154. The molecule has 0 spiro atoms. The van der Waals surface area contributed by atoms with Crippen molar-refractivity contribution in [1.29, 1.82) is 0 Å². The van der Waals surface area contributed by atoms with Gasteiger partial charge in [0.2, 0.25) is 0 Å². The molecule has 1 aliphatic rings. The van der Waals surface area contributed by atoms with E-state index < -0.39 is 5.91 Å². The Balaban J connectivity index is 1.60. The number of carbonyl (C=O) groups excluding carboxylic acids is 2. The molecule has 0 aromatic heterocycles. The first-order valence-electron chi connectivity index (χ1n) is 10.5. The number of para-hydroxylation sites is 1. The summed E-state index contributed by atoms with van der Waals surface area (Å²) in [6, 6.07) is 18.7. The molecule has 1 aliphatic heterocycles. The zero-order valence-electron chi connectivity index (χ0n) is 18.5. The van der Waals surface area contributed by atoms with Gasteiger partial charge in [-0.15, -0.1) is 0 Å². The van der Waals surface area contributed by atoms with E-state index in [1.807, 2.05) is 50.2 Å².